The minimum absolute atomic E-state index is 0.118. The summed E-state index contributed by atoms with van der Waals surface area (Å²) in [4.78, 5) is 6.74. The van der Waals surface area contributed by atoms with Gasteiger partial charge in [-0.05, 0) is 52.5 Å². The Balaban J connectivity index is 2.49. The van der Waals surface area contributed by atoms with Gasteiger partial charge in [-0.1, -0.05) is 25.7 Å². The van der Waals surface area contributed by atoms with Crippen LogP contribution >= 0.6 is 0 Å². The Morgan fingerprint density at radius 1 is 1.24 bits per heavy atom. The molecule has 1 fully saturated rings. The van der Waals surface area contributed by atoms with Crippen LogP contribution in [0.15, 0.2) is 12.3 Å². The van der Waals surface area contributed by atoms with E-state index in [0.717, 1.165) is 0 Å². The summed E-state index contributed by atoms with van der Waals surface area (Å²) in [5.74, 6) is 0.667. The topological polar surface area (TPSA) is 54.2 Å². The van der Waals surface area contributed by atoms with E-state index < -0.39 is 0 Å². The molecule has 2 rings (SSSR count). The molecule has 1 atom stereocenters. The van der Waals surface area contributed by atoms with E-state index in [2.05, 4.69) is 42.3 Å². The summed E-state index contributed by atoms with van der Waals surface area (Å²) in [6.45, 7) is 2.14. The van der Waals surface area contributed by atoms with Crippen LogP contribution in [-0.4, -0.2) is 36.6 Å². The van der Waals surface area contributed by atoms with E-state index >= 15 is 0 Å². The van der Waals surface area contributed by atoms with Crippen molar-refractivity contribution >= 4 is 5.82 Å². The summed E-state index contributed by atoms with van der Waals surface area (Å²) in [5, 5.41) is 3.56. The maximum atomic E-state index is 6.23. The van der Waals surface area contributed by atoms with E-state index in [4.69, 9.17) is 5.73 Å². The van der Waals surface area contributed by atoms with Crippen LogP contribution in [0.5, 0.6) is 0 Å². The second-order valence-electron chi connectivity index (χ2n) is 6.56. The highest BCUT2D eigenvalue weighted by Gasteiger charge is 2.42. The molecule has 0 bridgehead atoms. The molecule has 1 aliphatic carbocycles. The van der Waals surface area contributed by atoms with Crippen molar-refractivity contribution in [3.05, 3.63) is 23.4 Å². The van der Waals surface area contributed by atoms with Crippen LogP contribution in [-0.2, 0) is 0 Å². The Bertz CT molecular complexity index is 442. The highest BCUT2D eigenvalue weighted by molar-refractivity contribution is 5.47. The lowest BCUT2D eigenvalue weighted by Gasteiger charge is -2.46. The first-order valence-electron chi connectivity index (χ1n) is 8.08. The molecule has 3 N–H and O–H groups in total. The number of nitrogens with one attached hydrogen (secondary N) is 1. The zero-order valence-corrected chi connectivity index (χ0v) is 13.9. The van der Waals surface area contributed by atoms with Crippen LogP contribution in [0.1, 0.15) is 55.7 Å². The van der Waals surface area contributed by atoms with E-state index in [1.54, 1.807) is 6.20 Å². The SMILES string of the molecule is CNC(c1c(C)ccnc1N)C1(N(C)C)CCCCCC1. The first kappa shape index (κ1) is 16.2. The molecule has 21 heavy (non-hydrogen) atoms. The number of anilines is 1. The molecule has 4 nitrogen and oxygen atoms in total. The fraction of sp³-hybridized carbons (Fsp3) is 0.706. The number of hydrogen-bond acceptors (Lipinski definition) is 4. The van der Waals surface area contributed by atoms with Gasteiger partial charge in [0.25, 0.3) is 0 Å². The molecule has 4 heteroatoms. The van der Waals surface area contributed by atoms with Gasteiger partial charge in [-0.15, -0.1) is 0 Å². The van der Waals surface area contributed by atoms with Gasteiger partial charge in [0, 0.05) is 17.3 Å². The molecule has 0 spiro atoms. The van der Waals surface area contributed by atoms with Gasteiger partial charge in [0.1, 0.15) is 5.82 Å². The minimum atomic E-state index is 0.118. The quantitative estimate of drug-likeness (QED) is 0.837. The van der Waals surface area contributed by atoms with Crippen molar-refractivity contribution in [1.29, 1.82) is 0 Å². The Morgan fingerprint density at radius 2 is 1.86 bits per heavy atom. The third kappa shape index (κ3) is 3.06. The lowest BCUT2D eigenvalue weighted by Crippen LogP contribution is -2.53. The fourth-order valence-corrected chi connectivity index (χ4v) is 3.98. The third-order valence-electron chi connectivity index (χ3n) is 5.21. The number of rotatable bonds is 4. The molecule has 0 amide bonds. The molecule has 1 aliphatic rings. The molecular formula is C17H30N4. The van der Waals surface area contributed by atoms with Crippen molar-refractivity contribution in [3.63, 3.8) is 0 Å². The maximum Gasteiger partial charge on any atom is 0.128 e. The number of likely N-dealkylation sites (N-methyl/N-ethyl adjacent to an activating group) is 2. The average molecular weight is 290 g/mol. The average Bonchev–Trinajstić information content (AvgIpc) is 2.69. The Labute approximate surface area is 129 Å². The van der Waals surface area contributed by atoms with E-state index in [1.165, 1.54) is 49.7 Å². The zero-order valence-electron chi connectivity index (χ0n) is 13.9. The first-order chi connectivity index (χ1) is 10.0. The van der Waals surface area contributed by atoms with Crippen molar-refractivity contribution in [2.24, 2.45) is 0 Å². The summed E-state index contributed by atoms with van der Waals surface area (Å²) in [5.41, 5.74) is 8.76. The van der Waals surface area contributed by atoms with Gasteiger partial charge in [-0.3, -0.25) is 0 Å². The summed E-state index contributed by atoms with van der Waals surface area (Å²) in [6.07, 6.45) is 9.47. The number of hydrogen-bond donors (Lipinski definition) is 2. The molecular weight excluding hydrogens is 260 g/mol. The van der Waals surface area contributed by atoms with Crippen molar-refractivity contribution < 1.29 is 0 Å². The van der Waals surface area contributed by atoms with E-state index in [0.29, 0.717) is 5.82 Å². The maximum absolute atomic E-state index is 6.23. The summed E-state index contributed by atoms with van der Waals surface area (Å²) in [7, 11) is 6.46. The monoisotopic (exact) mass is 290 g/mol. The van der Waals surface area contributed by atoms with Gasteiger partial charge in [-0.2, -0.15) is 0 Å². The van der Waals surface area contributed by atoms with Crippen LogP contribution in [0.2, 0.25) is 0 Å². The molecule has 1 saturated carbocycles. The van der Waals surface area contributed by atoms with Crippen molar-refractivity contribution in [3.8, 4) is 0 Å². The number of aromatic nitrogens is 1. The molecule has 0 aliphatic heterocycles. The normalized spacial score (nSPS) is 20.2. The number of nitrogens with zero attached hydrogens (tertiary/aromatic N) is 2. The predicted molar refractivity (Wildman–Crippen MR) is 89.3 cm³/mol. The van der Waals surface area contributed by atoms with E-state index in [9.17, 15) is 0 Å². The molecule has 1 aromatic heterocycles. The van der Waals surface area contributed by atoms with Gasteiger partial charge < -0.3 is 16.0 Å². The Morgan fingerprint density at radius 3 is 2.33 bits per heavy atom. The summed E-state index contributed by atoms with van der Waals surface area (Å²) >= 11 is 0. The van der Waals surface area contributed by atoms with Gasteiger partial charge in [0.05, 0.1) is 6.04 Å². The van der Waals surface area contributed by atoms with E-state index in [-0.39, 0.29) is 11.6 Å². The summed E-state index contributed by atoms with van der Waals surface area (Å²) < 4.78 is 0. The van der Waals surface area contributed by atoms with Gasteiger partial charge in [0.2, 0.25) is 0 Å². The van der Waals surface area contributed by atoms with Gasteiger partial charge in [-0.25, -0.2) is 4.98 Å². The second kappa shape index (κ2) is 6.75. The fourth-order valence-electron chi connectivity index (χ4n) is 3.98. The van der Waals surface area contributed by atoms with Crippen molar-refractivity contribution in [2.45, 2.75) is 57.0 Å². The van der Waals surface area contributed by atoms with E-state index in [1.807, 2.05) is 7.05 Å². The third-order valence-corrected chi connectivity index (χ3v) is 5.21. The largest absolute Gasteiger partial charge is 0.383 e. The number of aryl methyl sites for hydroxylation is 1. The van der Waals surface area contributed by atoms with Crippen LogP contribution in [0, 0.1) is 6.92 Å². The molecule has 0 aromatic carbocycles. The van der Waals surface area contributed by atoms with Gasteiger partial charge >= 0.3 is 0 Å². The number of nitrogens with two attached hydrogens (primary N) is 1. The van der Waals surface area contributed by atoms with Crippen LogP contribution in [0.3, 0.4) is 0 Å². The molecule has 1 heterocycles. The molecule has 0 radical (unpaired) electrons. The Kier molecular flexibility index (Phi) is 5.22. The standard InChI is InChI=1S/C17H30N4/c1-13-9-12-20-16(18)14(13)15(19-2)17(21(3)4)10-7-5-6-8-11-17/h9,12,15,19H,5-8,10-11H2,1-4H3,(H2,18,20). The van der Waals surface area contributed by atoms with Crippen molar-refractivity contribution in [2.75, 3.05) is 26.9 Å². The van der Waals surface area contributed by atoms with Crippen molar-refractivity contribution in [1.82, 2.24) is 15.2 Å². The second-order valence-corrected chi connectivity index (χ2v) is 6.56. The van der Waals surface area contributed by atoms with Crippen LogP contribution in [0.25, 0.3) is 0 Å². The summed E-state index contributed by atoms with van der Waals surface area (Å²) in [6, 6.07) is 2.29. The molecule has 1 unspecified atom stereocenters. The molecule has 1 aromatic rings. The first-order valence-corrected chi connectivity index (χ1v) is 8.08. The van der Waals surface area contributed by atoms with Crippen LogP contribution < -0.4 is 11.1 Å². The predicted octanol–water partition coefficient (Wildman–Crippen LogP) is 2.89. The highest BCUT2D eigenvalue weighted by Crippen LogP contribution is 2.42. The Hall–Kier alpha value is -1.13. The minimum Gasteiger partial charge on any atom is -0.383 e. The van der Waals surface area contributed by atoms with Crippen LogP contribution in [0.4, 0.5) is 5.82 Å². The highest BCUT2D eigenvalue weighted by atomic mass is 15.2. The zero-order chi connectivity index (χ0) is 15.5. The van der Waals surface area contributed by atoms with Gasteiger partial charge in [0.15, 0.2) is 0 Å². The lowest BCUT2D eigenvalue weighted by atomic mass is 9.77. The molecule has 118 valence electrons. The number of nitrogen functional groups attached to an aromatic ring is 1. The molecule has 0 saturated heterocycles. The number of pyridine rings is 1. The lowest BCUT2D eigenvalue weighted by molar-refractivity contribution is 0.0833. The smallest absolute Gasteiger partial charge is 0.128 e.